The van der Waals surface area contributed by atoms with Gasteiger partial charge in [0.05, 0.1) is 13.2 Å². The summed E-state index contributed by atoms with van der Waals surface area (Å²) in [6.07, 6.45) is 0. The van der Waals surface area contributed by atoms with E-state index in [1.165, 1.54) is 0 Å². The molecular weight excluding hydrogens is 264 g/mol. The van der Waals surface area contributed by atoms with E-state index in [-0.39, 0.29) is 5.91 Å². The zero-order chi connectivity index (χ0) is 14.1. The Morgan fingerprint density at radius 3 is 2.53 bits per heavy atom. The maximum Gasteiger partial charge on any atom is 0.251 e. The summed E-state index contributed by atoms with van der Waals surface area (Å²) in [5, 5.41) is 2.81. The van der Waals surface area contributed by atoms with Gasteiger partial charge < -0.3 is 15.0 Å². The summed E-state index contributed by atoms with van der Waals surface area (Å²) in [6, 6.07) is 7.27. The Kier molecular flexibility index (Phi) is 7.48. The highest BCUT2D eigenvalue weighted by atomic mass is 35.5. The van der Waals surface area contributed by atoms with Crippen LogP contribution in [0.3, 0.4) is 0 Å². The molecule has 1 amide bonds. The standard InChI is InChI=1S/C14H21ClN2O2/c1-17(2)8-10-19-9-7-16-14(18)13-5-3-12(11-15)4-6-13/h3-6H,7-11H2,1-2H3,(H,16,18). The van der Waals surface area contributed by atoms with E-state index in [1.807, 2.05) is 26.2 Å². The molecule has 0 spiro atoms. The number of likely N-dealkylation sites (N-methyl/N-ethyl adjacent to an activating group) is 1. The van der Waals surface area contributed by atoms with Gasteiger partial charge in [-0.15, -0.1) is 11.6 Å². The van der Waals surface area contributed by atoms with Crippen molar-refractivity contribution in [3.8, 4) is 0 Å². The van der Waals surface area contributed by atoms with Crippen molar-refractivity contribution in [1.29, 1.82) is 0 Å². The predicted octanol–water partition coefficient (Wildman–Crippen LogP) is 1.73. The van der Waals surface area contributed by atoms with E-state index in [2.05, 4.69) is 10.2 Å². The molecule has 19 heavy (non-hydrogen) atoms. The van der Waals surface area contributed by atoms with Gasteiger partial charge in [0.15, 0.2) is 0 Å². The highest BCUT2D eigenvalue weighted by Crippen LogP contribution is 2.06. The van der Waals surface area contributed by atoms with Crippen LogP contribution >= 0.6 is 11.6 Å². The second-order valence-electron chi connectivity index (χ2n) is 4.50. The molecular formula is C14H21ClN2O2. The fourth-order valence-electron chi connectivity index (χ4n) is 1.43. The van der Waals surface area contributed by atoms with Gasteiger partial charge in [0.25, 0.3) is 5.91 Å². The predicted molar refractivity (Wildman–Crippen MR) is 77.7 cm³/mol. The topological polar surface area (TPSA) is 41.6 Å². The number of rotatable bonds is 8. The second-order valence-corrected chi connectivity index (χ2v) is 4.77. The highest BCUT2D eigenvalue weighted by Gasteiger charge is 2.04. The van der Waals surface area contributed by atoms with E-state index in [0.717, 1.165) is 12.1 Å². The van der Waals surface area contributed by atoms with E-state index in [0.29, 0.717) is 31.2 Å². The first kappa shape index (κ1) is 16.0. The van der Waals surface area contributed by atoms with Gasteiger partial charge in [0.2, 0.25) is 0 Å². The van der Waals surface area contributed by atoms with Crippen LogP contribution in [-0.2, 0) is 10.6 Å². The van der Waals surface area contributed by atoms with Crippen LogP contribution in [0.25, 0.3) is 0 Å². The highest BCUT2D eigenvalue weighted by molar-refractivity contribution is 6.17. The number of nitrogens with zero attached hydrogens (tertiary/aromatic N) is 1. The van der Waals surface area contributed by atoms with Crippen LogP contribution in [0.2, 0.25) is 0 Å². The number of nitrogens with one attached hydrogen (secondary N) is 1. The van der Waals surface area contributed by atoms with Crippen LogP contribution < -0.4 is 5.32 Å². The van der Waals surface area contributed by atoms with E-state index in [4.69, 9.17) is 16.3 Å². The molecule has 0 aromatic heterocycles. The molecule has 4 nitrogen and oxygen atoms in total. The molecule has 0 heterocycles. The normalized spacial score (nSPS) is 10.7. The van der Waals surface area contributed by atoms with E-state index in [9.17, 15) is 4.79 Å². The van der Waals surface area contributed by atoms with Crippen molar-refractivity contribution < 1.29 is 9.53 Å². The molecule has 0 atom stereocenters. The number of ether oxygens (including phenoxy) is 1. The van der Waals surface area contributed by atoms with Crippen molar-refractivity contribution >= 4 is 17.5 Å². The quantitative estimate of drug-likeness (QED) is 0.584. The smallest absolute Gasteiger partial charge is 0.251 e. The minimum atomic E-state index is -0.0858. The fourth-order valence-corrected chi connectivity index (χ4v) is 1.61. The molecule has 1 N–H and O–H groups in total. The molecule has 106 valence electrons. The largest absolute Gasteiger partial charge is 0.378 e. The first-order chi connectivity index (χ1) is 9.13. The maximum absolute atomic E-state index is 11.8. The number of carbonyl (C=O) groups is 1. The SMILES string of the molecule is CN(C)CCOCCNC(=O)c1ccc(CCl)cc1. The Morgan fingerprint density at radius 2 is 1.95 bits per heavy atom. The van der Waals surface area contributed by atoms with Crippen LogP contribution in [0.5, 0.6) is 0 Å². The Bertz CT molecular complexity index is 380. The van der Waals surface area contributed by atoms with Crippen molar-refractivity contribution in [1.82, 2.24) is 10.2 Å². The monoisotopic (exact) mass is 284 g/mol. The summed E-state index contributed by atoms with van der Waals surface area (Å²) in [4.78, 5) is 13.8. The van der Waals surface area contributed by atoms with Gasteiger partial charge in [-0.2, -0.15) is 0 Å². The summed E-state index contributed by atoms with van der Waals surface area (Å²) >= 11 is 5.69. The lowest BCUT2D eigenvalue weighted by molar-refractivity contribution is 0.0900. The molecule has 0 aliphatic rings. The molecule has 1 rings (SSSR count). The molecule has 0 saturated heterocycles. The van der Waals surface area contributed by atoms with Crippen molar-refractivity contribution in [3.05, 3.63) is 35.4 Å². The lowest BCUT2D eigenvalue weighted by Gasteiger charge is -2.10. The number of alkyl halides is 1. The Balaban J connectivity index is 2.20. The maximum atomic E-state index is 11.8. The van der Waals surface area contributed by atoms with Crippen LogP contribution in [0.1, 0.15) is 15.9 Å². The van der Waals surface area contributed by atoms with Crippen LogP contribution in [0.15, 0.2) is 24.3 Å². The van der Waals surface area contributed by atoms with Gasteiger partial charge >= 0.3 is 0 Å². The van der Waals surface area contributed by atoms with E-state index >= 15 is 0 Å². The molecule has 0 radical (unpaired) electrons. The molecule has 0 aliphatic heterocycles. The van der Waals surface area contributed by atoms with Gasteiger partial charge in [-0.25, -0.2) is 0 Å². The molecule has 0 aliphatic carbocycles. The van der Waals surface area contributed by atoms with E-state index < -0.39 is 0 Å². The van der Waals surface area contributed by atoms with Crippen molar-refractivity contribution in [2.24, 2.45) is 0 Å². The third-order valence-corrected chi connectivity index (χ3v) is 2.89. The lowest BCUT2D eigenvalue weighted by atomic mass is 10.1. The third kappa shape index (κ3) is 6.57. The van der Waals surface area contributed by atoms with Crippen molar-refractivity contribution in [2.45, 2.75) is 5.88 Å². The van der Waals surface area contributed by atoms with Crippen LogP contribution in [-0.4, -0.2) is 51.2 Å². The number of benzene rings is 1. The molecule has 0 fully saturated rings. The van der Waals surface area contributed by atoms with E-state index in [1.54, 1.807) is 12.1 Å². The van der Waals surface area contributed by atoms with Gasteiger partial charge in [-0.05, 0) is 31.8 Å². The molecule has 1 aromatic rings. The number of carbonyl (C=O) groups excluding carboxylic acids is 1. The molecule has 0 unspecified atom stereocenters. The Morgan fingerprint density at radius 1 is 1.26 bits per heavy atom. The average Bonchev–Trinajstić information content (AvgIpc) is 2.42. The van der Waals surface area contributed by atoms with Gasteiger partial charge in [-0.3, -0.25) is 4.79 Å². The van der Waals surface area contributed by atoms with Gasteiger partial charge in [-0.1, -0.05) is 12.1 Å². The minimum Gasteiger partial charge on any atom is -0.378 e. The summed E-state index contributed by atoms with van der Waals surface area (Å²) in [7, 11) is 3.99. The number of amides is 1. The lowest BCUT2D eigenvalue weighted by Crippen LogP contribution is -2.28. The first-order valence-corrected chi connectivity index (χ1v) is 6.82. The third-order valence-electron chi connectivity index (χ3n) is 2.59. The van der Waals surface area contributed by atoms with Gasteiger partial charge in [0.1, 0.15) is 0 Å². The summed E-state index contributed by atoms with van der Waals surface area (Å²) in [6.45, 7) is 2.60. The molecule has 0 bridgehead atoms. The van der Waals surface area contributed by atoms with Crippen molar-refractivity contribution in [3.63, 3.8) is 0 Å². The van der Waals surface area contributed by atoms with Gasteiger partial charge in [0, 0.05) is 24.5 Å². The molecule has 5 heteroatoms. The number of hydrogen-bond donors (Lipinski definition) is 1. The Hall–Kier alpha value is -1.10. The number of halogens is 1. The molecule has 0 saturated carbocycles. The summed E-state index contributed by atoms with van der Waals surface area (Å²) in [5.41, 5.74) is 1.65. The van der Waals surface area contributed by atoms with Crippen molar-refractivity contribution in [2.75, 3.05) is 40.4 Å². The van der Waals surface area contributed by atoms with Crippen LogP contribution in [0.4, 0.5) is 0 Å². The molecule has 1 aromatic carbocycles. The first-order valence-electron chi connectivity index (χ1n) is 6.29. The zero-order valence-corrected chi connectivity index (χ0v) is 12.2. The average molecular weight is 285 g/mol. The minimum absolute atomic E-state index is 0.0858. The summed E-state index contributed by atoms with van der Waals surface area (Å²) < 4.78 is 5.39. The summed E-state index contributed by atoms with van der Waals surface area (Å²) in [5.74, 6) is 0.374. The Labute approximate surface area is 119 Å². The fraction of sp³-hybridized carbons (Fsp3) is 0.500. The second kappa shape index (κ2) is 8.91. The zero-order valence-electron chi connectivity index (χ0n) is 11.5. The number of hydrogen-bond acceptors (Lipinski definition) is 3. The van der Waals surface area contributed by atoms with Crippen LogP contribution in [0, 0.1) is 0 Å².